The molecule has 0 aliphatic rings. The molecule has 0 spiro atoms. The second-order valence-corrected chi connectivity index (χ2v) is 3.78. The number of ether oxygens (including phenoxy) is 1. The van der Waals surface area contributed by atoms with E-state index in [0.717, 1.165) is 11.1 Å². The van der Waals surface area contributed by atoms with Gasteiger partial charge in [0.1, 0.15) is 11.4 Å². The number of hydrogen-bond acceptors (Lipinski definition) is 2. The zero-order valence-corrected chi connectivity index (χ0v) is 9.38. The van der Waals surface area contributed by atoms with Crippen molar-refractivity contribution in [3.05, 3.63) is 35.1 Å². The Bertz CT molecular complexity index is 338. The van der Waals surface area contributed by atoms with Crippen LogP contribution in [0.4, 0.5) is 4.39 Å². The van der Waals surface area contributed by atoms with E-state index in [4.69, 9.17) is 4.74 Å². The second-order valence-electron chi connectivity index (χ2n) is 3.78. The van der Waals surface area contributed by atoms with Gasteiger partial charge in [-0.3, -0.25) is 0 Å². The van der Waals surface area contributed by atoms with Gasteiger partial charge in [-0.05, 0) is 36.6 Å². The van der Waals surface area contributed by atoms with E-state index in [1.807, 2.05) is 6.92 Å². The quantitative estimate of drug-likeness (QED) is 0.830. The van der Waals surface area contributed by atoms with Crippen LogP contribution in [0.15, 0.2) is 18.2 Å². The average Bonchev–Trinajstić information content (AvgIpc) is 2.17. The molecule has 0 radical (unpaired) electrons. The summed E-state index contributed by atoms with van der Waals surface area (Å²) >= 11 is 0. The molecule has 0 saturated heterocycles. The van der Waals surface area contributed by atoms with Gasteiger partial charge in [-0.2, -0.15) is 0 Å². The van der Waals surface area contributed by atoms with Crippen molar-refractivity contribution < 1.29 is 14.2 Å². The highest BCUT2D eigenvalue weighted by Gasteiger charge is 2.28. The van der Waals surface area contributed by atoms with E-state index >= 15 is 0 Å². The predicted octanol–water partition coefficient (Wildman–Crippen LogP) is 2.38. The Morgan fingerprint density at radius 3 is 2.60 bits per heavy atom. The highest BCUT2D eigenvalue weighted by atomic mass is 19.1. The van der Waals surface area contributed by atoms with Crippen LogP contribution in [-0.4, -0.2) is 18.8 Å². The molecule has 3 heteroatoms. The number of methoxy groups -OCH3 is 1. The van der Waals surface area contributed by atoms with Crippen LogP contribution in [-0.2, 0) is 10.3 Å². The Kier molecular flexibility index (Phi) is 3.83. The summed E-state index contributed by atoms with van der Waals surface area (Å²) in [6, 6.07) is 4.40. The van der Waals surface area contributed by atoms with E-state index in [-0.39, 0.29) is 12.4 Å². The summed E-state index contributed by atoms with van der Waals surface area (Å²) < 4.78 is 17.9. The van der Waals surface area contributed by atoms with Crippen LogP contribution >= 0.6 is 0 Å². The molecule has 1 unspecified atom stereocenters. The Morgan fingerprint density at radius 1 is 1.47 bits per heavy atom. The average molecular weight is 212 g/mol. The molecule has 1 N–H and O–H groups in total. The number of aryl methyl sites for hydroxylation is 1. The number of halogens is 1. The fraction of sp³-hybridized carbons (Fsp3) is 0.500. The van der Waals surface area contributed by atoms with Crippen molar-refractivity contribution in [1.29, 1.82) is 0 Å². The number of hydrogen-bond donors (Lipinski definition) is 1. The van der Waals surface area contributed by atoms with Crippen molar-refractivity contribution >= 4 is 0 Å². The number of rotatable bonds is 4. The molecule has 1 rings (SSSR count). The van der Waals surface area contributed by atoms with Gasteiger partial charge in [-0.25, -0.2) is 4.39 Å². The van der Waals surface area contributed by atoms with Crippen LogP contribution in [0.2, 0.25) is 0 Å². The van der Waals surface area contributed by atoms with Crippen molar-refractivity contribution in [2.24, 2.45) is 0 Å². The largest absolute Gasteiger partial charge is 0.383 e. The predicted molar refractivity (Wildman–Crippen MR) is 57.2 cm³/mol. The van der Waals surface area contributed by atoms with Crippen molar-refractivity contribution in [2.75, 3.05) is 13.7 Å². The van der Waals surface area contributed by atoms with Crippen LogP contribution in [0.3, 0.4) is 0 Å². The minimum atomic E-state index is -1.02. The van der Waals surface area contributed by atoms with Gasteiger partial charge < -0.3 is 9.84 Å². The molecule has 1 atom stereocenters. The zero-order valence-electron chi connectivity index (χ0n) is 9.38. The maximum atomic E-state index is 12.9. The van der Waals surface area contributed by atoms with Crippen molar-refractivity contribution in [3.63, 3.8) is 0 Å². The molecule has 0 fully saturated rings. The van der Waals surface area contributed by atoms with Crippen molar-refractivity contribution in [1.82, 2.24) is 0 Å². The van der Waals surface area contributed by atoms with Gasteiger partial charge in [-0.15, -0.1) is 0 Å². The normalized spacial score (nSPS) is 15.0. The standard InChI is InChI=1S/C12H17FO2/c1-4-12(14,8-15-3)11-6-5-10(13)7-9(11)2/h5-7,14H,4,8H2,1-3H3. The van der Waals surface area contributed by atoms with E-state index in [9.17, 15) is 9.50 Å². The van der Waals surface area contributed by atoms with E-state index in [2.05, 4.69) is 0 Å². The van der Waals surface area contributed by atoms with Gasteiger partial charge in [-0.1, -0.05) is 13.0 Å². The first-order valence-electron chi connectivity index (χ1n) is 5.01. The fourth-order valence-electron chi connectivity index (χ4n) is 1.76. The first-order chi connectivity index (χ1) is 7.03. The van der Waals surface area contributed by atoms with Gasteiger partial charge in [0.05, 0.1) is 6.61 Å². The van der Waals surface area contributed by atoms with Crippen LogP contribution in [0, 0.1) is 12.7 Å². The van der Waals surface area contributed by atoms with Gasteiger partial charge in [0, 0.05) is 7.11 Å². The van der Waals surface area contributed by atoms with E-state index in [1.54, 1.807) is 20.1 Å². The zero-order chi connectivity index (χ0) is 11.5. The molecule has 0 saturated carbocycles. The molecule has 0 bridgehead atoms. The van der Waals surface area contributed by atoms with E-state index < -0.39 is 5.60 Å². The molecule has 0 aliphatic heterocycles. The van der Waals surface area contributed by atoms with Gasteiger partial charge in [0.2, 0.25) is 0 Å². The lowest BCUT2D eigenvalue weighted by atomic mass is 9.88. The Labute approximate surface area is 89.7 Å². The molecule has 0 aromatic heterocycles. The van der Waals surface area contributed by atoms with Crippen LogP contribution in [0.25, 0.3) is 0 Å². The minimum Gasteiger partial charge on any atom is -0.383 e. The summed E-state index contributed by atoms with van der Waals surface area (Å²) in [5, 5.41) is 10.3. The van der Waals surface area contributed by atoms with Crippen molar-refractivity contribution in [2.45, 2.75) is 25.9 Å². The summed E-state index contributed by atoms with van der Waals surface area (Å²) in [5.74, 6) is -0.285. The van der Waals surface area contributed by atoms with E-state index in [0.29, 0.717) is 6.42 Å². The molecule has 15 heavy (non-hydrogen) atoms. The van der Waals surface area contributed by atoms with Gasteiger partial charge >= 0.3 is 0 Å². The topological polar surface area (TPSA) is 29.5 Å². The highest BCUT2D eigenvalue weighted by Crippen LogP contribution is 2.28. The maximum absolute atomic E-state index is 12.9. The van der Waals surface area contributed by atoms with Crippen LogP contribution in [0.1, 0.15) is 24.5 Å². The summed E-state index contributed by atoms with van der Waals surface area (Å²) in [6.45, 7) is 3.88. The first-order valence-corrected chi connectivity index (χ1v) is 5.01. The smallest absolute Gasteiger partial charge is 0.123 e. The summed E-state index contributed by atoms with van der Waals surface area (Å²) in [5.41, 5.74) is 0.455. The molecule has 0 amide bonds. The first kappa shape index (κ1) is 12.1. The lowest BCUT2D eigenvalue weighted by molar-refractivity contribution is -0.0391. The molecular weight excluding hydrogens is 195 g/mol. The lowest BCUT2D eigenvalue weighted by Gasteiger charge is -2.28. The molecule has 2 nitrogen and oxygen atoms in total. The number of aliphatic hydroxyl groups is 1. The third-order valence-corrected chi connectivity index (χ3v) is 2.66. The summed E-state index contributed by atoms with van der Waals surface area (Å²) in [4.78, 5) is 0. The maximum Gasteiger partial charge on any atom is 0.123 e. The third kappa shape index (κ3) is 2.55. The molecule has 1 aromatic rings. The Morgan fingerprint density at radius 2 is 2.13 bits per heavy atom. The third-order valence-electron chi connectivity index (χ3n) is 2.66. The van der Waals surface area contributed by atoms with Crippen LogP contribution < -0.4 is 0 Å². The number of benzene rings is 1. The molecule has 1 aromatic carbocycles. The van der Waals surface area contributed by atoms with Crippen molar-refractivity contribution in [3.8, 4) is 0 Å². The minimum absolute atomic E-state index is 0.218. The molecule has 84 valence electrons. The summed E-state index contributed by atoms with van der Waals surface area (Å²) in [6.07, 6.45) is 0.535. The molecular formula is C12H17FO2. The van der Waals surface area contributed by atoms with Gasteiger partial charge in [0.25, 0.3) is 0 Å². The fourth-order valence-corrected chi connectivity index (χ4v) is 1.76. The Balaban J connectivity index is 3.12. The van der Waals surface area contributed by atoms with Crippen LogP contribution in [0.5, 0.6) is 0 Å². The summed E-state index contributed by atoms with van der Waals surface area (Å²) in [7, 11) is 1.54. The monoisotopic (exact) mass is 212 g/mol. The Hall–Kier alpha value is -0.930. The lowest BCUT2D eigenvalue weighted by Crippen LogP contribution is -2.31. The highest BCUT2D eigenvalue weighted by molar-refractivity contribution is 5.32. The van der Waals surface area contributed by atoms with E-state index in [1.165, 1.54) is 12.1 Å². The SMILES string of the molecule is CCC(O)(COC)c1ccc(F)cc1C. The second kappa shape index (κ2) is 4.73. The molecule has 0 heterocycles. The van der Waals surface area contributed by atoms with Gasteiger partial charge in [0.15, 0.2) is 0 Å². The molecule has 0 aliphatic carbocycles.